The first-order valence-electron chi connectivity index (χ1n) is 17.2. The molecular weight excluding hydrogens is 640 g/mol. The highest BCUT2D eigenvalue weighted by atomic mass is 16.5. The number of ether oxygens (including phenoxy) is 2. The monoisotopic (exact) mass is 688 g/mol. The third-order valence-electron chi connectivity index (χ3n) is 11.5. The number of carbonyl (C=O) groups excluding carboxylic acids is 2. The zero-order chi connectivity index (χ0) is 36.7. The number of hydrogen-bond acceptors (Lipinski definition) is 11. The van der Waals surface area contributed by atoms with E-state index in [9.17, 15) is 29.7 Å². The van der Waals surface area contributed by atoms with Crippen LogP contribution in [-0.2, 0) is 9.47 Å². The van der Waals surface area contributed by atoms with E-state index in [1.165, 1.54) is 6.07 Å². The van der Waals surface area contributed by atoms with Crippen LogP contribution >= 0.6 is 0 Å². The van der Waals surface area contributed by atoms with Gasteiger partial charge in [0.15, 0.2) is 16.8 Å². The predicted molar refractivity (Wildman–Crippen MR) is 189 cm³/mol. The van der Waals surface area contributed by atoms with Gasteiger partial charge in [0, 0.05) is 34.3 Å². The van der Waals surface area contributed by atoms with Crippen molar-refractivity contribution in [1.82, 2.24) is 9.80 Å². The minimum Gasteiger partial charge on any atom is -0.507 e. The van der Waals surface area contributed by atoms with Gasteiger partial charge in [0.25, 0.3) is 0 Å². The van der Waals surface area contributed by atoms with Crippen molar-refractivity contribution in [3.63, 3.8) is 0 Å². The number of phenolic OH excluding ortho intramolecular Hbond substituents is 1. The highest BCUT2D eigenvalue weighted by Gasteiger charge is 2.49. The van der Waals surface area contributed by atoms with E-state index < -0.39 is 59.5 Å². The minimum absolute atomic E-state index is 0.0102. The van der Waals surface area contributed by atoms with Crippen molar-refractivity contribution in [2.24, 2.45) is 0 Å². The van der Waals surface area contributed by atoms with E-state index in [-0.39, 0.29) is 62.4 Å². The highest BCUT2D eigenvalue weighted by Crippen LogP contribution is 2.49. The molecule has 3 heterocycles. The summed E-state index contributed by atoms with van der Waals surface area (Å²) >= 11 is 0. The van der Waals surface area contributed by atoms with Crippen molar-refractivity contribution >= 4 is 28.1 Å². The molecule has 0 saturated carbocycles. The Balaban J connectivity index is 1.65. The molecule has 2 fully saturated rings. The molecule has 0 spiro atoms. The highest BCUT2D eigenvalue weighted by molar-refractivity contribution is 6.33. The zero-order valence-electron chi connectivity index (χ0n) is 30.5. The van der Waals surface area contributed by atoms with Gasteiger partial charge < -0.3 is 39.0 Å². The van der Waals surface area contributed by atoms with Crippen LogP contribution in [-0.4, -0.2) is 101 Å². The lowest BCUT2D eigenvalue weighted by Gasteiger charge is -2.49. The number of aliphatic hydroxyl groups excluding tert-OH is 2. The van der Waals surface area contributed by atoms with Gasteiger partial charge >= 0.3 is 0 Å². The second-order valence-electron chi connectivity index (χ2n) is 14.9. The Bertz CT molecular complexity index is 2000. The fraction of sp³-hybridized carbons (Fsp3) is 0.513. The summed E-state index contributed by atoms with van der Waals surface area (Å²) in [6, 6.07) is 4.29. The molecular formula is C39H48N2O9. The average molecular weight is 689 g/mol. The largest absolute Gasteiger partial charge is 0.507 e. The molecule has 2 aromatic carbocycles. The quantitative estimate of drug-likeness (QED) is 0.268. The molecule has 268 valence electrons. The van der Waals surface area contributed by atoms with E-state index >= 15 is 0 Å². The second kappa shape index (κ2) is 12.8. The molecule has 1 aliphatic carbocycles. The summed E-state index contributed by atoms with van der Waals surface area (Å²) in [4.78, 5) is 47.0. The molecule has 0 bridgehead atoms. The summed E-state index contributed by atoms with van der Waals surface area (Å²) in [5.74, 6) is -1.31. The standard InChI is InChI=1S/C39H48N2O9/c1-11-17(2)26-15-25(42)29-18(3)12-23-31(37(29)50-26)36(46)32-30(35(23)45)21(27-14-24(40(7)8)33(43)19(4)48-27)13-22(34(32)44)28-16-39(6,41(9)10)38(47)20(5)49-28/h11-13,15,19-20,24,27-28,33,38,43-44,47H,14,16H2,1-10H3/t19-,20+,24-,27-,28+,33-,38-,39+/m1/s1. The fourth-order valence-electron chi connectivity index (χ4n) is 8.00. The van der Waals surface area contributed by atoms with Gasteiger partial charge in [0.05, 0.1) is 53.1 Å². The van der Waals surface area contributed by atoms with Crippen molar-refractivity contribution in [2.75, 3.05) is 28.2 Å². The first kappa shape index (κ1) is 36.1. The van der Waals surface area contributed by atoms with E-state index in [2.05, 4.69) is 0 Å². The van der Waals surface area contributed by atoms with Crippen molar-refractivity contribution in [2.45, 2.75) is 103 Å². The van der Waals surface area contributed by atoms with Crippen molar-refractivity contribution in [3.05, 3.63) is 79.2 Å². The molecule has 3 N–H and O–H groups in total. The summed E-state index contributed by atoms with van der Waals surface area (Å²) in [5.41, 5.74) is 0.492. The van der Waals surface area contributed by atoms with E-state index in [1.54, 1.807) is 52.8 Å². The maximum Gasteiger partial charge on any atom is 0.202 e. The number of benzene rings is 2. The molecule has 11 heteroatoms. The maximum atomic E-state index is 14.9. The van der Waals surface area contributed by atoms with E-state index in [0.29, 0.717) is 23.1 Å². The van der Waals surface area contributed by atoms with Gasteiger partial charge in [-0.3, -0.25) is 14.4 Å². The Kier molecular flexibility index (Phi) is 9.24. The van der Waals surface area contributed by atoms with Crippen LogP contribution in [0.2, 0.25) is 0 Å². The summed E-state index contributed by atoms with van der Waals surface area (Å²) < 4.78 is 19.0. The van der Waals surface area contributed by atoms with E-state index in [0.717, 1.165) is 0 Å². The molecule has 0 radical (unpaired) electrons. The van der Waals surface area contributed by atoms with Crippen LogP contribution in [0.3, 0.4) is 0 Å². The first-order chi connectivity index (χ1) is 23.4. The zero-order valence-corrected chi connectivity index (χ0v) is 30.5. The van der Waals surface area contributed by atoms with Gasteiger partial charge in [0.1, 0.15) is 11.5 Å². The Labute approximate surface area is 292 Å². The van der Waals surface area contributed by atoms with Crippen LogP contribution in [0, 0.1) is 6.92 Å². The molecule has 50 heavy (non-hydrogen) atoms. The lowest BCUT2D eigenvalue weighted by Crippen LogP contribution is -2.59. The third-order valence-corrected chi connectivity index (χ3v) is 11.5. The Morgan fingerprint density at radius 2 is 1.58 bits per heavy atom. The molecule has 2 saturated heterocycles. The van der Waals surface area contributed by atoms with Gasteiger partial charge in [-0.05, 0) is 111 Å². The number of aromatic hydroxyl groups is 1. The summed E-state index contributed by atoms with van der Waals surface area (Å²) in [6.45, 7) is 10.7. The number of carbonyl (C=O) groups is 2. The van der Waals surface area contributed by atoms with Crippen LogP contribution in [0.5, 0.6) is 5.75 Å². The van der Waals surface area contributed by atoms with Crippen LogP contribution < -0.4 is 5.43 Å². The molecule has 0 unspecified atom stereocenters. The first-order valence-corrected chi connectivity index (χ1v) is 17.2. The third kappa shape index (κ3) is 5.46. The normalized spacial score (nSPS) is 30.3. The molecule has 3 aliphatic rings. The Morgan fingerprint density at radius 3 is 2.20 bits per heavy atom. The van der Waals surface area contributed by atoms with Gasteiger partial charge in [-0.1, -0.05) is 6.08 Å². The van der Waals surface area contributed by atoms with E-state index in [1.807, 2.05) is 44.9 Å². The predicted octanol–water partition coefficient (Wildman–Crippen LogP) is 4.68. The smallest absolute Gasteiger partial charge is 0.202 e. The number of ketones is 2. The molecule has 8 atom stereocenters. The lowest BCUT2D eigenvalue weighted by atomic mass is 9.74. The number of nitrogens with zero attached hydrogens (tertiary/aromatic N) is 2. The van der Waals surface area contributed by atoms with Gasteiger partial charge in [-0.15, -0.1) is 0 Å². The number of allylic oxidation sites excluding steroid dienone is 2. The molecule has 6 rings (SSSR count). The maximum absolute atomic E-state index is 14.9. The lowest BCUT2D eigenvalue weighted by molar-refractivity contribution is -0.176. The van der Waals surface area contributed by atoms with Crippen molar-refractivity contribution < 1.29 is 38.8 Å². The van der Waals surface area contributed by atoms with Crippen LogP contribution in [0.4, 0.5) is 0 Å². The molecule has 2 aliphatic heterocycles. The Morgan fingerprint density at radius 1 is 0.920 bits per heavy atom. The summed E-state index contributed by atoms with van der Waals surface area (Å²) in [5, 5.41) is 34.5. The number of likely N-dealkylation sites (N-methyl/N-ethyl adjacent to an activating group) is 2. The topological polar surface area (TPSA) is 150 Å². The van der Waals surface area contributed by atoms with Gasteiger partial charge in [-0.2, -0.15) is 0 Å². The van der Waals surface area contributed by atoms with Crippen LogP contribution in [0.25, 0.3) is 16.5 Å². The van der Waals surface area contributed by atoms with E-state index in [4.69, 9.17) is 13.9 Å². The van der Waals surface area contributed by atoms with Gasteiger partial charge in [-0.25, -0.2) is 0 Å². The van der Waals surface area contributed by atoms with Gasteiger partial charge in [0.2, 0.25) is 5.78 Å². The van der Waals surface area contributed by atoms with Crippen molar-refractivity contribution in [1.29, 1.82) is 0 Å². The number of hydrogen-bond donors (Lipinski definition) is 3. The van der Waals surface area contributed by atoms with Crippen LogP contribution in [0.1, 0.15) is 114 Å². The number of phenols is 1. The number of aliphatic hydroxyl groups is 2. The Hall–Kier alpha value is -3.71. The average Bonchev–Trinajstić information content (AvgIpc) is 3.05. The number of aryl methyl sites for hydroxylation is 1. The minimum atomic E-state index is -0.847. The van der Waals surface area contributed by atoms with Crippen molar-refractivity contribution in [3.8, 4) is 5.75 Å². The SMILES string of the molecule is CC=C(C)c1cc(=O)c2c(C)cc3c(c2o1)C(=O)c1c(O)c([C@@H]2C[C@](C)(N(C)C)[C@H](O)[C@H](C)O2)cc([C@H]2C[C@@H](N(C)C)[C@H](O)[C@@H](C)O2)c1C3=O. The fourth-order valence-corrected chi connectivity index (χ4v) is 8.00. The summed E-state index contributed by atoms with van der Waals surface area (Å²) in [6.07, 6.45) is -2.05. The summed E-state index contributed by atoms with van der Waals surface area (Å²) in [7, 11) is 7.46. The molecule has 0 amide bonds. The second-order valence-corrected chi connectivity index (χ2v) is 14.9. The molecule has 3 aromatic rings. The molecule has 1 aromatic heterocycles. The number of rotatable bonds is 5. The van der Waals surface area contributed by atoms with Crippen LogP contribution in [0.15, 0.2) is 33.5 Å². The molecule has 11 nitrogen and oxygen atoms in total. The number of fused-ring (bicyclic) bond motifs is 4.